The smallest absolute Gasteiger partial charge is 0.335 e. The fourth-order valence-electron chi connectivity index (χ4n) is 1.67. The second-order valence-corrected chi connectivity index (χ2v) is 4.24. The normalized spacial score (nSPS) is 10.2. The van der Waals surface area contributed by atoms with Gasteiger partial charge in [0, 0.05) is 11.8 Å². The Balaban J connectivity index is 2.32. The first-order valence-corrected chi connectivity index (χ1v) is 5.79. The number of halogens is 1. The summed E-state index contributed by atoms with van der Waals surface area (Å²) < 4.78 is 13.7. The van der Waals surface area contributed by atoms with Gasteiger partial charge in [0.1, 0.15) is 11.6 Å². The van der Waals surface area contributed by atoms with Crippen molar-refractivity contribution in [2.75, 3.05) is 5.32 Å². The number of anilines is 2. The van der Waals surface area contributed by atoms with Crippen molar-refractivity contribution in [3.05, 3.63) is 57.5 Å². The van der Waals surface area contributed by atoms with Gasteiger partial charge in [-0.3, -0.25) is 10.1 Å². The molecule has 0 aliphatic heterocycles. The number of carboxylic acid groups (broad SMARTS) is 1. The van der Waals surface area contributed by atoms with Gasteiger partial charge in [-0.25, -0.2) is 14.2 Å². The average Bonchev–Trinajstić information content (AvgIpc) is 2.42. The molecular formula is C13H10FN3O4. The maximum atomic E-state index is 13.7. The fourth-order valence-corrected chi connectivity index (χ4v) is 1.67. The molecule has 7 nitrogen and oxygen atoms in total. The molecule has 1 aromatic carbocycles. The highest BCUT2D eigenvalue weighted by atomic mass is 19.1. The highest BCUT2D eigenvalue weighted by Gasteiger charge is 2.14. The number of hydrogen-bond acceptors (Lipinski definition) is 5. The minimum Gasteiger partial charge on any atom is -0.478 e. The number of hydrogen-bond donors (Lipinski definition) is 2. The molecule has 1 aromatic heterocycles. The molecule has 0 saturated heterocycles. The van der Waals surface area contributed by atoms with Crippen LogP contribution in [-0.2, 0) is 0 Å². The van der Waals surface area contributed by atoms with Crippen LogP contribution in [0.25, 0.3) is 0 Å². The number of carboxylic acids is 1. The second-order valence-electron chi connectivity index (χ2n) is 4.24. The van der Waals surface area contributed by atoms with E-state index in [1.165, 1.54) is 31.3 Å². The summed E-state index contributed by atoms with van der Waals surface area (Å²) in [6.45, 7) is 1.54. The first-order chi connectivity index (χ1) is 9.88. The minimum atomic E-state index is -1.25. The summed E-state index contributed by atoms with van der Waals surface area (Å²) in [6, 6.07) is 4.48. The molecule has 0 spiro atoms. The molecule has 2 N–H and O–H groups in total. The zero-order valence-corrected chi connectivity index (χ0v) is 10.8. The first-order valence-electron chi connectivity index (χ1n) is 5.79. The van der Waals surface area contributed by atoms with Crippen LogP contribution in [0.4, 0.5) is 21.6 Å². The lowest BCUT2D eigenvalue weighted by atomic mass is 10.2. The number of pyridine rings is 1. The third-order valence-electron chi connectivity index (χ3n) is 2.75. The Labute approximate surface area is 118 Å². The van der Waals surface area contributed by atoms with E-state index < -0.39 is 16.7 Å². The van der Waals surface area contributed by atoms with Gasteiger partial charge in [0.25, 0.3) is 5.69 Å². The van der Waals surface area contributed by atoms with Gasteiger partial charge in [-0.05, 0) is 25.1 Å². The molecule has 0 fully saturated rings. The zero-order valence-electron chi connectivity index (χ0n) is 10.8. The van der Waals surface area contributed by atoms with Crippen LogP contribution in [0.2, 0.25) is 0 Å². The van der Waals surface area contributed by atoms with Gasteiger partial charge < -0.3 is 10.4 Å². The Hall–Kier alpha value is -3.03. The van der Waals surface area contributed by atoms with Crippen molar-refractivity contribution in [1.82, 2.24) is 4.98 Å². The lowest BCUT2D eigenvalue weighted by Crippen LogP contribution is -2.02. The molecular weight excluding hydrogens is 281 g/mol. The highest BCUT2D eigenvalue weighted by Crippen LogP contribution is 2.24. The van der Waals surface area contributed by atoms with E-state index in [-0.39, 0.29) is 22.8 Å². The number of nitro groups is 1. The van der Waals surface area contributed by atoms with E-state index >= 15 is 0 Å². The van der Waals surface area contributed by atoms with E-state index in [1.54, 1.807) is 0 Å². The molecule has 0 unspecified atom stereocenters. The zero-order chi connectivity index (χ0) is 15.6. The predicted octanol–water partition coefficient (Wildman–Crippen LogP) is 2.88. The van der Waals surface area contributed by atoms with Crippen LogP contribution in [-0.4, -0.2) is 21.0 Å². The van der Waals surface area contributed by atoms with Crippen LogP contribution in [0.1, 0.15) is 15.9 Å². The molecule has 0 bridgehead atoms. The summed E-state index contributed by atoms with van der Waals surface area (Å²) in [4.78, 5) is 24.9. The lowest BCUT2D eigenvalue weighted by molar-refractivity contribution is -0.385. The third kappa shape index (κ3) is 3.11. The monoisotopic (exact) mass is 291 g/mol. The SMILES string of the molecule is Cc1cnc(Nc2ccc(C(=O)O)cc2F)cc1[N+](=O)[O-]. The van der Waals surface area contributed by atoms with E-state index in [2.05, 4.69) is 10.3 Å². The Kier molecular flexibility index (Phi) is 3.79. The highest BCUT2D eigenvalue weighted by molar-refractivity contribution is 5.88. The number of benzene rings is 1. The van der Waals surface area contributed by atoms with Crippen LogP contribution in [0.3, 0.4) is 0 Å². The van der Waals surface area contributed by atoms with Crippen LogP contribution in [0.15, 0.2) is 30.5 Å². The molecule has 21 heavy (non-hydrogen) atoms. The number of aromatic nitrogens is 1. The van der Waals surface area contributed by atoms with Crippen molar-refractivity contribution in [1.29, 1.82) is 0 Å². The van der Waals surface area contributed by atoms with Crippen molar-refractivity contribution in [2.24, 2.45) is 0 Å². The Morgan fingerprint density at radius 3 is 2.71 bits per heavy atom. The van der Waals surface area contributed by atoms with Gasteiger partial charge >= 0.3 is 5.97 Å². The topological polar surface area (TPSA) is 105 Å². The Morgan fingerprint density at radius 1 is 1.43 bits per heavy atom. The summed E-state index contributed by atoms with van der Waals surface area (Å²) in [5.41, 5.74) is 0.0221. The molecule has 0 atom stereocenters. The number of rotatable bonds is 4. The van der Waals surface area contributed by atoms with Crippen molar-refractivity contribution in [3.8, 4) is 0 Å². The largest absolute Gasteiger partial charge is 0.478 e. The summed E-state index contributed by atoms with van der Waals surface area (Å²) in [6.07, 6.45) is 1.30. The van der Waals surface area contributed by atoms with Crippen LogP contribution in [0, 0.1) is 22.9 Å². The van der Waals surface area contributed by atoms with E-state index in [4.69, 9.17) is 5.11 Å². The molecule has 1 heterocycles. The fraction of sp³-hybridized carbons (Fsp3) is 0.0769. The minimum absolute atomic E-state index is 0.0225. The summed E-state index contributed by atoms with van der Waals surface area (Å²) in [5, 5.41) is 22.1. The first kappa shape index (κ1) is 14.4. The summed E-state index contributed by atoms with van der Waals surface area (Å²) in [5.74, 6) is -1.95. The van der Waals surface area contributed by atoms with Gasteiger partial charge in [0.05, 0.1) is 22.2 Å². The van der Waals surface area contributed by atoms with E-state index in [9.17, 15) is 19.3 Å². The Morgan fingerprint density at radius 2 is 2.14 bits per heavy atom. The summed E-state index contributed by atoms with van der Waals surface area (Å²) >= 11 is 0. The van der Waals surface area contributed by atoms with E-state index in [1.807, 2.05) is 0 Å². The van der Waals surface area contributed by atoms with Crippen molar-refractivity contribution < 1.29 is 19.2 Å². The van der Waals surface area contributed by atoms with Gasteiger partial charge in [0.15, 0.2) is 0 Å². The molecule has 0 amide bonds. The summed E-state index contributed by atoms with van der Waals surface area (Å²) in [7, 11) is 0. The number of aromatic carboxylic acids is 1. The van der Waals surface area contributed by atoms with Crippen molar-refractivity contribution in [2.45, 2.75) is 6.92 Å². The number of nitrogens with one attached hydrogen (secondary N) is 1. The maximum Gasteiger partial charge on any atom is 0.335 e. The van der Waals surface area contributed by atoms with Crippen LogP contribution >= 0.6 is 0 Å². The predicted molar refractivity (Wildman–Crippen MR) is 72.3 cm³/mol. The molecule has 2 aromatic rings. The number of aryl methyl sites for hydroxylation is 1. The molecule has 2 rings (SSSR count). The van der Waals surface area contributed by atoms with Crippen molar-refractivity contribution >= 4 is 23.2 Å². The van der Waals surface area contributed by atoms with Gasteiger partial charge in [0.2, 0.25) is 0 Å². The second kappa shape index (κ2) is 5.53. The van der Waals surface area contributed by atoms with E-state index in [0.29, 0.717) is 5.56 Å². The quantitative estimate of drug-likeness (QED) is 0.662. The number of nitrogens with zero attached hydrogens (tertiary/aromatic N) is 2. The van der Waals surface area contributed by atoms with Gasteiger partial charge in [-0.15, -0.1) is 0 Å². The van der Waals surface area contributed by atoms with Crippen LogP contribution < -0.4 is 5.32 Å². The lowest BCUT2D eigenvalue weighted by Gasteiger charge is -2.08. The molecule has 0 aliphatic carbocycles. The molecule has 0 radical (unpaired) electrons. The molecule has 0 saturated carbocycles. The van der Waals surface area contributed by atoms with Crippen LogP contribution in [0.5, 0.6) is 0 Å². The molecule has 0 aliphatic rings. The Bertz CT molecular complexity index is 733. The van der Waals surface area contributed by atoms with E-state index in [0.717, 1.165) is 6.07 Å². The van der Waals surface area contributed by atoms with Gasteiger partial charge in [-0.2, -0.15) is 0 Å². The maximum absolute atomic E-state index is 13.7. The van der Waals surface area contributed by atoms with Crippen molar-refractivity contribution in [3.63, 3.8) is 0 Å². The van der Waals surface area contributed by atoms with Gasteiger partial charge in [-0.1, -0.05) is 0 Å². The molecule has 8 heteroatoms. The molecule has 108 valence electrons. The number of carbonyl (C=O) groups is 1. The third-order valence-corrected chi connectivity index (χ3v) is 2.75. The average molecular weight is 291 g/mol. The standard InChI is InChI=1S/C13H10FN3O4/c1-7-6-15-12(5-11(7)17(20)21)16-10-3-2-8(13(18)19)4-9(10)14/h2-6H,1H3,(H,15,16)(H,18,19).